The monoisotopic (exact) mass is 306 g/mol. The second-order valence-corrected chi connectivity index (χ2v) is 7.13. The molecule has 1 aliphatic carbocycles. The summed E-state index contributed by atoms with van der Waals surface area (Å²) in [4.78, 5) is 12.9. The fraction of sp³-hybridized carbons (Fsp3) is 0.588. The molecule has 0 radical (unpaired) electrons. The van der Waals surface area contributed by atoms with Gasteiger partial charge in [0.15, 0.2) is 0 Å². The number of thioether (sulfide) groups is 1. The van der Waals surface area contributed by atoms with Gasteiger partial charge in [0.25, 0.3) is 0 Å². The van der Waals surface area contributed by atoms with Gasteiger partial charge in [-0.1, -0.05) is 13.0 Å². The summed E-state index contributed by atoms with van der Waals surface area (Å²) in [6, 6.07) is 6.84. The first kappa shape index (κ1) is 16.4. The van der Waals surface area contributed by atoms with E-state index in [9.17, 15) is 4.79 Å². The van der Waals surface area contributed by atoms with Crippen LogP contribution in [0.2, 0.25) is 0 Å². The molecule has 0 aromatic heterocycles. The lowest BCUT2D eigenvalue weighted by molar-refractivity contribution is -0.124. The van der Waals surface area contributed by atoms with E-state index in [0.717, 1.165) is 25.1 Å². The molecule has 0 fully saturated rings. The Kier molecular flexibility index (Phi) is 5.71. The van der Waals surface area contributed by atoms with Crippen LogP contribution in [0.4, 0.5) is 0 Å². The molecule has 1 aliphatic rings. The van der Waals surface area contributed by atoms with E-state index < -0.39 is 5.54 Å². The molecule has 1 unspecified atom stereocenters. The van der Waals surface area contributed by atoms with Crippen molar-refractivity contribution < 1.29 is 4.79 Å². The van der Waals surface area contributed by atoms with Crippen molar-refractivity contribution >= 4 is 17.7 Å². The predicted molar refractivity (Wildman–Crippen MR) is 89.7 cm³/mol. The number of fused-ring (bicyclic) bond motifs is 1. The number of hydrogen-bond donors (Lipinski definition) is 2. The summed E-state index contributed by atoms with van der Waals surface area (Å²) < 4.78 is 0. The first-order valence-electron chi connectivity index (χ1n) is 7.84. The van der Waals surface area contributed by atoms with Crippen LogP contribution in [0.15, 0.2) is 23.1 Å². The number of carbonyl (C=O) groups is 1. The zero-order valence-corrected chi connectivity index (χ0v) is 13.9. The van der Waals surface area contributed by atoms with Crippen LogP contribution in [0.25, 0.3) is 0 Å². The van der Waals surface area contributed by atoms with Crippen molar-refractivity contribution in [1.29, 1.82) is 0 Å². The number of amides is 1. The van der Waals surface area contributed by atoms with Crippen molar-refractivity contribution in [3.8, 4) is 0 Å². The second-order valence-electron chi connectivity index (χ2n) is 5.96. The minimum Gasteiger partial charge on any atom is -0.368 e. The number of hydrogen-bond acceptors (Lipinski definition) is 3. The van der Waals surface area contributed by atoms with Crippen molar-refractivity contribution in [3.63, 3.8) is 0 Å². The summed E-state index contributed by atoms with van der Waals surface area (Å²) in [5.41, 5.74) is 7.97. The minimum absolute atomic E-state index is 0.258. The van der Waals surface area contributed by atoms with Crippen LogP contribution in [0, 0.1) is 0 Å². The second kappa shape index (κ2) is 7.32. The smallest absolute Gasteiger partial charge is 0.237 e. The average Bonchev–Trinajstić information content (AvgIpc) is 2.91. The Balaban J connectivity index is 1.80. The maximum absolute atomic E-state index is 11.6. The first-order valence-corrected chi connectivity index (χ1v) is 8.83. The molecule has 1 aromatic rings. The Labute approximate surface area is 132 Å². The molecule has 21 heavy (non-hydrogen) atoms. The van der Waals surface area contributed by atoms with Crippen molar-refractivity contribution in [3.05, 3.63) is 29.3 Å². The van der Waals surface area contributed by atoms with E-state index in [4.69, 9.17) is 5.73 Å². The van der Waals surface area contributed by atoms with Gasteiger partial charge in [0.05, 0.1) is 5.54 Å². The molecular weight excluding hydrogens is 280 g/mol. The number of rotatable bonds is 8. The highest BCUT2D eigenvalue weighted by Gasteiger charge is 2.28. The molecule has 1 amide bonds. The minimum atomic E-state index is -0.576. The maximum atomic E-state index is 11.6. The molecule has 0 saturated carbocycles. The maximum Gasteiger partial charge on any atom is 0.237 e. The third-order valence-electron chi connectivity index (χ3n) is 4.27. The van der Waals surface area contributed by atoms with E-state index in [1.807, 2.05) is 25.6 Å². The first-order chi connectivity index (χ1) is 10.0. The van der Waals surface area contributed by atoms with E-state index >= 15 is 0 Å². The van der Waals surface area contributed by atoms with Crippen LogP contribution >= 0.6 is 11.8 Å². The van der Waals surface area contributed by atoms with Gasteiger partial charge in [-0.3, -0.25) is 4.79 Å². The number of primary amides is 1. The van der Waals surface area contributed by atoms with Gasteiger partial charge in [-0.05, 0) is 74.6 Å². The van der Waals surface area contributed by atoms with Gasteiger partial charge in [0.1, 0.15) is 0 Å². The fourth-order valence-corrected chi connectivity index (χ4v) is 3.86. The van der Waals surface area contributed by atoms with Crippen molar-refractivity contribution in [1.82, 2.24) is 5.32 Å². The highest BCUT2D eigenvalue weighted by molar-refractivity contribution is 7.99. The van der Waals surface area contributed by atoms with Gasteiger partial charge in [-0.15, -0.1) is 11.8 Å². The van der Waals surface area contributed by atoms with E-state index in [0.29, 0.717) is 0 Å². The SMILES string of the molecule is CCNC(C)(CCCSc1ccc2c(c1)CCC2)C(N)=O. The summed E-state index contributed by atoms with van der Waals surface area (Å²) in [6.45, 7) is 4.66. The van der Waals surface area contributed by atoms with Gasteiger partial charge < -0.3 is 11.1 Å². The standard InChI is InChI=1S/C17H26N2OS/c1-3-19-17(2,16(18)20)10-5-11-21-15-9-8-13-6-4-7-14(13)12-15/h8-9,12,19H,3-7,10-11H2,1-2H3,(H2,18,20). The van der Waals surface area contributed by atoms with Gasteiger partial charge in [-0.2, -0.15) is 0 Å². The predicted octanol–water partition coefficient (Wildman–Crippen LogP) is 2.90. The highest BCUT2D eigenvalue weighted by atomic mass is 32.2. The van der Waals surface area contributed by atoms with Gasteiger partial charge >= 0.3 is 0 Å². The van der Waals surface area contributed by atoms with Crippen molar-refractivity contribution in [2.45, 2.75) is 56.4 Å². The third-order valence-corrected chi connectivity index (χ3v) is 5.35. The molecule has 0 heterocycles. The summed E-state index contributed by atoms with van der Waals surface area (Å²) in [5, 5.41) is 3.21. The summed E-state index contributed by atoms with van der Waals surface area (Å²) in [6.07, 6.45) is 5.52. The summed E-state index contributed by atoms with van der Waals surface area (Å²) in [5.74, 6) is 0.763. The van der Waals surface area contributed by atoms with Gasteiger partial charge in [0, 0.05) is 4.90 Å². The number of carbonyl (C=O) groups excluding carboxylic acids is 1. The number of nitrogens with two attached hydrogens (primary N) is 1. The quantitative estimate of drug-likeness (QED) is 0.573. The molecule has 0 bridgehead atoms. The molecule has 1 aromatic carbocycles. The highest BCUT2D eigenvalue weighted by Crippen LogP contribution is 2.28. The molecule has 0 aliphatic heterocycles. The van der Waals surface area contributed by atoms with Crippen LogP contribution in [0.5, 0.6) is 0 Å². The molecule has 0 saturated heterocycles. The van der Waals surface area contributed by atoms with Crippen molar-refractivity contribution in [2.75, 3.05) is 12.3 Å². The third kappa shape index (κ3) is 4.24. The van der Waals surface area contributed by atoms with Crippen LogP contribution in [0.3, 0.4) is 0 Å². The van der Waals surface area contributed by atoms with E-state index in [-0.39, 0.29) is 5.91 Å². The molecule has 3 N–H and O–H groups in total. The normalized spacial score (nSPS) is 16.5. The van der Waals surface area contributed by atoms with Gasteiger partial charge in [0.2, 0.25) is 5.91 Å². The Hall–Kier alpha value is -1.00. The zero-order chi connectivity index (χ0) is 15.3. The number of benzene rings is 1. The topological polar surface area (TPSA) is 55.1 Å². The average molecular weight is 306 g/mol. The number of aryl methyl sites for hydroxylation is 2. The van der Waals surface area contributed by atoms with Crippen LogP contribution in [-0.4, -0.2) is 23.7 Å². The Morgan fingerprint density at radius 3 is 2.86 bits per heavy atom. The Morgan fingerprint density at radius 2 is 2.14 bits per heavy atom. The van der Waals surface area contributed by atoms with E-state index in [1.54, 1.807) is 0 Å². The van der Waals surface area contributed by atoms with Crippen LogP contribution in [-0.2, 0) is 17.6 Å². The molecule has 0 spiro atoms. The largest absolute Gasteiger partial charge is 0.368 e. The van der Waals surface area contributed by atoms with Crippen molar-refractivity contribution in [2.24, 2.45) is 5.73 Å². The molecule has 1 atom stereocenters. The summed E-state index contributed by atoms with van der Waals surface area (Å²) in [7, 11) is 0. The zero-order valence-electron chi connectivity index (χ0n) is 13.1. The van der Waals surface area contributed by atoms with Crippen LogP contribution in [0.1, 0.15) is 44.2 Å². The molecule has 2 rings (SSSR count). The van der Waals surface area contributed by atoms with E-state index in [1.165, 1.54) is 35.3 Å². The van der Waals surface area contributed by atoms with Crippen LogP contribution < -0.4 is 11.1 Å². The lowest BCUT2D eigenvalue weighted by atomic mass is 9.95. The lowest BCUT2D eigenvalue weighted by Crippen LogP contribution is -2.53. The summed E-state index contributed by atoms with van der Waals surface area (Å²) >= 11 is 1.88. The molecule has 116 valence electrons. The molecule has 3 nitrogen and oxygen atoms in total. The lowest BCUT2D eigenvalue weighted by Gasteiger charge is -2.26. The Bertz CT molecular complexity index is 504. The van der Waals surface area contributed by atoms with E-state index in [2.05, 4.69) is 23.5 Å². The number of nitrogens with one attached hydrogen (secondary N) is 1. The molecule has 4 heteroatoms. The fourth-order valence-electron chi connectivity index (χ4n) is 2.94. The Morgan fingerprint density at radius 1 is 1.38 bits per heavy atom. The van der Waals surface area contributed by atoms with Gasteiger partial charge in [-0.25, -0.2) is 0 Å². The number of likely N-dealkylation sites (N-methyl/N-ethyl adjacent to an activating group) is 1. The molecular formula is C17H26N2OS.